The number of rotatable bonds is 4. The molecule has 3 N–H and O–H groups in total. The van der Waals surface area contributed by atoms with Gasteiger partial charge >= 0.3 is 0 Å². The van der Waals surface area contributed by atoms with Crippen LogP contribution in [0.3, 0.4) is 0 Å². The molecular formula is C18H24N4O3. The standard InChI is InChI=1S/C17H22N4O.CH2O2/c1-3-9-21(2)16(22)15-13-10-12(11-5-4-6-11)7-8-14(13)19-17(18)20-15;2-1-3/h7-8,10-11H,3-6,9H2,1-2H3,(H2,18,19,20);1H,(H,2,3). The first-order valence-corrected chi connectivity index (χ1v) is 8.42. The Bertz CT molecular complexity index is 759. The Balaban J connectivity index is 0.000000701. The fourth-order valence-electron chi connectivity index (χ4n) is 2.94. The topological polar surface area (TPSA) is 109 Å². The molecule has 1 amide bonds. The van der Waals surface area contributed by atoms with Crippen LogP contribution < -0.4 is 5.73 Å². The van der Waals surface area contributed by atoms with E-state index in [1.165, 1.54) is 24.8 Å². The molecule has 2 aromatic rings. The lowest BCUT2D eigenvalue weighted by atomic mass is 9.80. The van der Waals surface area contributed by atoms with Gasteiger partial charge in [0.25, 0.3) is 12.4 Å². The van der Waals surface area contributed by atoms with E-state index >= 15 is 0 Å². The van der Waals surface area contributed by atoms with Crippen LogP contribution in [0.5, 0.6) is 0 Å². The number of hydrogen-bond donors (Lipinski definition) is 2. The number of carbonyl (C=O) groups excluding carboxylic acids is 1. The van der Waals surface area contributed by atoms with Gasteiger partial charge in [-0.1, -0.05) is 19.4 Å². The molecule has 25 heavy (non-hydrogen) atoms. The second kappa shape index (κ2) is 8.41. The summed E-state index contributed by atoms with van der Waals surface area (Å²) in [7, 11) is 1.80. The number of carboxylic acid groups (broad SMARTS) is 1. The highest BCUT2D eigenvalue weighted by Crippen LogP contribution is 2.37. The Morgan fingerprint density at radius 2 is 2.08 bits per heavy atom. The van der Waals surface area contributed by atoms with Crippen LogP contribution in [0, 0.1) is 0 Å². The van der Waals surface area contributed by atoms with Crippen LogP contribution in [-0.4, -0.2) is 45.9 Å². The summed E-state index contributed by atoms with van der Waals surface area (Å²) in [5, 5.41) is 7.70. The van der Waals surface area contributed by atoms with E-state index in [-0.39, 0.29) is 18.3 Å². The molecule has 1 fully saturated rings. The number of anilines is 1. The molecule has 0 bridgehead atoms. The van der Waals surface area contributed by atoms with Crippen LogP contribution >= 0.6 is 0 Å². The van der Waals surface area contributed by atoms with E-state index < -0.39 is 0 Å². The fourth-order valence-corrected chi connectivity index (χ4v) is 2.94. The number of nitrogens with two attached hydrogens (primary N) is 1. The van der Waals surface area contributed by atoms with Crippen molar-refractivity contribution >= 4 is 29.2 Å². The van der Waals surface area contributed by atoms with Crippen molar-refractivity contribution in [1.82, 2.24) is 14.9 Å². The van der Waals surface area contributed by atoms with Crippen LogP contribution in [0.25, 0.3) is 10.9 Å². The maximum Gasteiger partial charge on any atom is 0.290 e. The monoisotopic (exact) mass is 344 g/mol. The summed E-state index contributed by atoms with van der Waals surface area (Å²) in [6.07, 6.45) is 4.64. The van der Waals surface area contributed by atoms with Gasteiger partial charge in [0.15, 0.2) is 0 Å². The average Bonchev–Trinajstić information content (AvgIpc) is 2.53. The third kappa shape index (κ3) is 4.23. The first-order valence-electron chi connectivity index (χ1n) is 8.42. The molecule has 0 atom stereocenters. The van der Waals surface area contributed by atoms with Crippen molar-refractivity contribution in [2.24, 2.45) is 0 Å². The van der Waals surface area contributed by atoms with E-state index in [0.717, 1.165) is 17.3 Å². The lowest BCUT2D eigenvalue weighted by Gasteiger charge is -2.26. The number of amides is 1. The minimum absolute atomic E-state index is 0.0910. The van der Waals surface area contributed by atoms with Crippen molar-refractivity contribution in [2.75, 3.05) is 19.3 Å². The van der Waals surface area contributed by atoms with Crippen molar-refractivity contribution in [3.05, 3.63) is 29.5 Å². The van der Waals surface area contributed by atoms with E-state index in [2.05, 4.69) is 22.1 Å². The predicted molar refractivity (Wildman–Crippen MR) is 96.5 cm³/mol. The van der Waals surface area contributed by atoms with Crippen molar-refractivity contribution < 1.29 is 14.7 Å². The molecule has 1 heterocycles. The molecule has 1 aliphatic carbocycles. The number of aromatic nitrogens is 2. The number of carbonyl (C=O) groups is 2. The molecule has 1 aromatic carbocycles. The lowest BCUT2D eigenvalue weighted by molar-refractivity contribution is -0.122. The number of nitrogen functional groups attached to an aromatic ring is 1. The molecule has 0 aliphatic heterocycles. The van der Waals surface area contributed by atoms with E-state index in [9.17, 15) is 4.79 Å². The molecule has 7 heteroatoms. The number of fused-ring (bicyclic) bond motifs is 1. The maximum absolute atomic E-state index is 12.6. The summed E-state index contributed by atoms with van der Waals surface area (Å²) in [5.74, 6) is 0.669. The van der Waals surface area contributed by atoms with Gasteiger partial charge in [0.1, 0.15) is 5.69 Å². The van der Waals surface area contributed by atoms with Gasteiger partial charge in [-0.15, -0.1) is 0 Å². The molecule has 0 spiro atoms. The third-order valence-corrected chi connectivity index (χ3v) is 4.42. The molecule has 134 valence electrons. The Labute approximate surface area is 146 Å². The van der Waals surface area contributed by atoms with Crippen LogP contribution in [-0.2, 0) is 4.79 Å². The number of hydrogen-bond acceptors (Lipinski definition) is 5. The third-order valence-electron chi connectivity index (χ3n) is 4.42. The van der Waals surface area contributed by atoms with Crippen molar-refractivity contribution in [2.45, 2.75) is 38.5 Å². The Morgan fingerprint density at radius 3 is 2.64 bits per heavy atom. The maximum atomic E-state index is 12.6. The van der Waals surface area contributed by atoms with Gasteiger partial charge in [-0.05, 0) is 42.9 Å². The van der Waals surface area contributed by atoms with Gasteiger partial charge in [-0.25, -0.2) is 9.97 Å². The molecule has 1 saturated carbocycles. The van der Waals surface area contributed by atoms with Crippen LogP contribution in [0.4, 0.5) is 5.95 Å². The van der Waals surface area contributed by atoms with Gasteiger partial charge in [0, 0.05) is 19.0 Å². The zero-order valence-corrected chi connectivity index (χ0v) is 14.6. The van der Waals surface area contributed by atoms with Crippen molar-refractivity contribution in [3.63, 3.8) is 0 Å². The molecule has 0 radical (unpaired) electrons. The van der Waals surface area contributed by atoms with Crippen molar-refractivity contribution in [1.29, 1.82) is 0 Å². The molecule has 0 saturated heterocycles. The lowest BCUT2D eigenvalue weighted by Crippen LogP contribution is -2.28. The largest absolute Gasteiger partial charge is 0.483 e. The second-order valence-electron chi connectivity index (χ2n) is 6.17. The summed E-state index contributed by atoms with van der Waals surface area (Å²) in [6.45, 7) is 2.50. The molecule has 1 aromatic heterocycles. The molecular weight excluding hydrogens is 320 g/mol. The fraction of sp³-hybridized carbons (Fsp3) is 0.444. The van der Waals surface area contributed by atoms with Gasteiger partial charge < -0.3 is 15.7 Å². The van der Waals surface area contributed by atoms with Gasteiger partial charge in [0.05, 0.1) is 5.52 Å². The van der Waals surface area contributed by atoms with Crippen LogP contribution in [0.15, 0.2) is 18.2 Å². The normalized spacial score (nSPS) is 13.5. The van der Waals surface area contributed by atoms with E-state index in [1.807, 2.05) is 13.0 Å². The van der Waals surface area contributed by atoms with Gasteiger partial charge in [0.2, 0.25) is 5.95 Å². The smallest absolute Gasteiger partial charge is 0.290 e. The zero-order chi connectivity index (χ0) is 18.4. The highest BCUT2D eigenvalue weighted by atomic mass is 16.3. The molecule has 7 nitrogen and oxygen atoms in total. The van der Waals surface area contributed by atoms with Crippen LogP contribution in [0.2, 0.25) is 0 Å². The van der Waals surface area contributed by atoms with E-state index in [4.69, 9.17) is 15.6 Å². The first-order chi connectivity index (χ1) is 12.0. The van der Waals surface area contributed by atoms with E-state index in [1.54, 1.807) is 11.9 Å². The SMILES string of the molecule is CCCN(C)C(=O)c1nc(N)nc2ccc(C3CCC3)cc12.O=CO. The minimum atomic E-state index is -0.250. The summed E-state index contributed by atoms with van der Waals surface area (Å²) >= 11 is 0. The summed E-state index contributed by atoms with van der Waals surface area (Å²) in [6, 6.07) is 6.13. The highest BCUT2D eigenvalue weighted by Gasteiger charge is 2.22. The average molecular weight is 344 g/mol. The Kier molecular flexibility index (Phi) is 6.27. The summed E-state index contributed by atoms with van der Waals surface area (Å²) in [5.41, 5.74) is 8.21. The second-order valence-corrected chi connectivity index (χ2v) is 6.17. The zero-order valence-electron chi connectivity index (χ0n) is 14.6. The molecule has 3 rings (SSSR count). The summed E-state index contributed by atoms with van der Waals surface area (Å²) < 4.78 is 0. The first kappa shape index (κ1) is 18.6. The highest BCUT2D eigenvalue weighted by molar-refractivity contribution is 6.04. The van der Waals surface area contributed by atoms with Gasteiger partial charge in [-0.3, -0.25) is 9.59 Å². The Hall–Kier alpha value is -2.70. The van der Waals surface area contributed by atoms with Crippen molar-refractivity contribution in [3.8, 4) is 0 Å². The predicted octanol–water partition coefficient (Wildman–Crippen LogP) is 2.66. The van der Waals surface area contributed by atoms with Crippen LogP contribution in [0.1, 0.15) is 54.6 Å². The molecule has 1 aliphatic rings. The number of benzene rings is 1. The quantitative estimate of drug-likeness (QED) is 0.825. The van der Waals surface area contributed by atoms with E-state index in [0.29, 0.717) is 18.2 Å². The minimum Gasteiger partial charge on any atom is -0.483 e. The number of nitrogens with zero attached hydrogens (tertiary/aromatic N) is 3. The van der Waals surface area contributed by atoms with Gasteiger partial charge in [-0.2, -0.15) is 0 Å². The molecule has 0 unspecified atom stereocenters. The Morgan fingerprint density at radius 1 is 1.40 bits per heavy atom. The summed E-state index contributed by atoms with van der Waals surface area (Å²) in [4.78, 5) is 31.2.